The largest absolute Gasteiger partial charge is 0.481 e. The number of pyridine rings is 1. The van der Waals surface area contributed by atoms with Gasteiger partial charge in [-0.25, -0.2) is 0 Å². The minimum atomic E-state index is -4.42. The standard InChI is InChI=1S/C35H44F3NO3/c1-3-4-5-6-7-11-16-31-20-18-30(25-39-31)33-24-29(19-21-32(33)28-13-9-8-10-14-28)27(15-12-17-34(40)41)22-23-42-26(2)35(36,37)38/h8-10,13-14,18-21,24-27H,3-7,11-12,15-17,22-23H2,1-2H3,(H,40,41). The highest BCUT2D eigenvalue weighted by atomic mass is 19.4. The van der Waals surface area contributed by atoms with E-state index in [0.717, 1.165) is 53.3 Å². The van der Waals surface area contributed by atoms with E-state index in [9.17, 15) is 18.0 Å². The molecule has 3 rings (SSSR count). The molecule has 0 saturated carbocycles. The second-order valence-corrected chi connectivity index (χ2v) is 11.1. The second kappa shape index (κ2) is 17.1. The monoisotopic (exact) mass is 583 g/mol. The minimum Gasteiger partial charge on any atom is -0.481 e. The molecule has 1 aromatic heterocycles. The number of alkyl halides is 3. The SMILES string of the molecule is CCCCCCCCc1ccc(-c2cc(C(CCCC(=O)O)CCOC(C)C(F)(F)F)ccc2-c2ccccc2)cn1. The lowest BCUT2D eigenvalue weighted by Gasteiger charge is -2.22. The van der Waals surface area contributed by atoms with Gasteiger partial charge in [-0.1, -0.05) is 93.6 Å². The Balaban J connectivity index is 1.85. The van der Waals surface area contributed by atoms with E-state index in [-0.39, 0.29) is 18.9 Å². The van der Waals surface area contributed by atoms with E-state index in [1.54, 1.807) is 0 Å². The van der Waals surface area contributed by atoms with Crippen LogP contribution >= 0.6 is 0 Å². The van der Waals surface area contributed by atoms with Crippen molar-refractivity contribution >= 4 is 5.97 Å². The molecule has 0 spiro atoms. The molecule has 4 nitrogen and oxygen atoms in total. The smallest absolute Gasteiger partial charge is 0.414 e. The Kier molecular flexibility index (Phi) is 13.5. The number of rotatable bonds is 18. The average molecular weight is 584 g/mol. The van der Waals surface area contributed by atoms with Crippen LogP contribution in [0.15, 0.2) is 66.9 Å². The summed E-state index contributed by atoms with van der Waals surface area (Å²) in [4.78, 5) is 15.9. The fourth-order valence-electron chi connectivity index (χ4n) is 5.20. The molecule has 3 aromatic rings. The molecule has 2 unspecified atom stereocenters. The van der Waals surface area contributed by atoms with Gasteiger partial charge < -0.3 is 9.84 Å². The number of carboxylic acids is 1. The first-order valence-electron chi connectivity index (χ1n) is 15.2. The molecule has 0 saturated heterocycles. The van der Waals surface area contributed by atoms with Gasteiger partial charge in [0.05, 0.1) is 0 Å². The van der Waals surface area contributed by atoms with E-state index >= 15 is 0 Å². The van der Waals surface area contributed by atoms with Crippen LogP contribution in [0.3, 0.4) is 0 Å². The number of halogens is 3. The molecular formula is C35H44F3NO3. The van der Waals surface area contributed by atoms with E-state index in [0.29, 0.717) is 19.3 Å². The van der Waals surface area contributed by atoms with Crippen molar-refractivity contribution in [3.8, 4) is 22.3 Å². The van der Waals surface area contributed by atoms with E-state index in [1.165, 1.54) is 32.1 Å². The predicted molar refractivity (Wildman–Crippen MR) is 163 cm³/mol. The zero-order chi connectivity index (χ0) is 30.4. The summed E-state index contributed by atoms with van der Waals surface area (Å²) in [6, 6.07) is 20.4. The van der Waals surface area contributed by atoms with Crippen LogP contribution < -0.4 is 0 Å². The lowest BCUT2D eigenvalue weighted by atomic mass is 9.86. The molecule has 0 radical (unpaired) electrons. The van der Waals surface area contributed by atoms with Gasteiger partial charge >= 0.3 is 12.1 Å². The Morgan fingerprint density at radius 1 is 0.881 bits per heavy atom. The van der Waals surface area contributed by atoms with Crippen LogP contribution in [-0.2, 0) is 16.0 Å². The van der Waals surface area contributed by atoms with E-state index in [1.807, 2.05) is 36.5 Å². The highest BCUT2D eigenvalue weighted by molar-refractivity contribution is 5.83. The van der Waals surface area contributed by atoms with Gasteiger partial charge in [0, 0.05) is 30.5 Å². The number of aryl methyl sites for hydroxylation is 1. The number of aliphatic carboxylic acids is 1. The summed E-state index contributed by atoms with van der Waals surface area (Å²) in [6.07, 6.45) is 5.31. The molecule has 0 aliphatic carbocycles. The molecule has 0 amide bonds. The molecular weight excluding hydrogens is 539 g/mol. The first kappa shape index (κ1) is 33.3. The number of ether oxygens (including phenoxy) is 1. The van der Waals surface area contributed by atoms with Crippen LogP contribution in [0.1, 0.15) is 95.2 Å². The van der Waals surface area contributed by atoms with Crippen molar-refractivity contribution < 1.29 is 27.8 Å². The van der Waals surface area contributed by atoms with Crippen LogP contribution in [0.2, 0.25) is 0 Å². The summed E-state index contributed by atoms with van der Waals surface area (Å²) in [7, 11) is 0. The van der Waals surface area contributed by atoms with Crippen LogP contribution in [0.5, 0.6) is 0 Å². The molecule has 42 heavy (non-hydrogen) atoms. The van der Waals surface area contributed by atoms with Crippen molar-refractivity contribution in [3.63, 3.8) is 0 Å². The Labute approximate surface area is 248 Å². The highest BCUT2D eigenvalue weighted by Gasteiger charge is 2.36. The van der Waals surface area contributed by atoms with Crippen molar-refractivity contribution in [2.75, 3.05) is 6.61 Å². The molecule has 1 heterocycles. The number of hydrogen-bond donors (Lipinski definition) is 1. The van der Waals surface area contributed by atoms with Gasteiger partial charge in [0.1, 0.15) is 0 Å². The fourth-order valence-corrected chi connectivity index (χ4v) is 5.20. The third-order valence-corrected chi connectivity index (χ3v) is 7.76. The quantitative estimate of drug-likeness (QED) is 0.151. The Hall–Kier alpha value is -3.19. The van der Waals surface area contributed by atoms with Gasteiger partial charge in [-0.2, -0.15) is 13.2 Å². The van der Waals surface area contributed by atoms with Crippen LogP contribution in [0.4, 0.5) is 13.2 Å². The van der Waals surface area contributed by atoms with E-state index in [2.05, 4.69) is 37.3 Å². The first-order valence-corrected chi connectivity index (χ1v) is 15.2. The molecule has 2 aromatic carbocycles. The number of benzene rings is 2. The van der Waals surface area contributed by atoms with Crippen molar-refractivity contribution in [2.45, 2.75) is 103 Å². The molecule has 2 atom stereocenters. The van der Waals surface area contributed by atoms with Gasteiger partial charge in [-0.3, -0.25) is 9.78 Å². The zero-order valence-corrected chi connectivity index (χ0v) is 24.8. The third kappa shape index (κ3) is 10.9. The zero-order valence-electron chi connectivity index (χ0n) is 24.8. The third-order valence-electron chi connectivity index (χ3n) is 7.76. The van der Waals surface area contributed by atoms with Crippen molar-refractivity contribution in [1.29, 1.82) is 0 Å². The fraction of sp³-hybridized carbons (Fsp3) is 0.486. The normalized spacial score (nSPS) is 13.2. The van der Waals surface area contributed by atoms with Gasteiger partial charge in [0.25, 0.3) is 0 Å². The minimum absolute atomic E-state index is 0.00918. The topological polar surface area (TPSA) is 59.4 Å². The van der Waals surface area contributed by atoms with Crippen LogP contribution in [0.25, 0.3) is 22.3 Å². The second-order valence-electron chi connectivity index (χ2n) is 11.1. The molecule has 0 aliphatic rings. The van der Waals surface area contributed by atoms with Gasteiger partial charge in [0.15, 0.2) is 6.10 Å². The predicted octanol–water partition coefficient (Wildman–Crippen LogP) is 10.0. The van der Waals surface area contributed by atoms with Crippen molar-refractivity contribution in [3.05, 3.63) is 78.1 Å². The summed E-state index contributed by atoms with van der Waals surface area (Å²) < 4.78 is 44.1. The number of hydrogen-bond acceptors (Lipinski definition) is 3. The maximum absolute atomic E-state index is 13.0. The maximum atomic E-state index is 13.0. The number of aromatic nitrogens is 1. The molecule has 0 fully saturated rings. The maximum Gasteiger partial charge on any atom is 0.414 e. The molecule has 0 aliphatic heterocycles. The average Bonchev–Trinajstić information content (AvgIpc) is 2.98. The van der Waals surface area contributed by atoms with Gasteiger partial charge in [0.2, 0.25) is 0 Å². The summed E-state index contributed by atoms with van der Waals surface area (Å²) in [5.74, 6) is -1.03. The lowest BCUT2D eigenvalue weighted by Crippen LogP contribution is -2.29. The summed E-state index contributed by atoms with van der Waals surface area (Å²) in [6.45, 7) is 3.16. The van der Waals surface area contributed by atoms with Gasteiger partial charge in [-0.05, 0) is 73.3 Å². The summed E-state index contributed by atoms with van der Waals surface area (Å²) in [5.41, 5.74) is 6.07. The molecule has 0 bridgehead atoms. The number of carboxylic acid groups (broad SMARTS) is 1. The van der Waals surface area contributed by atoms with Crippen LogP contribution in [-0.4, -0.2) is 34.9 Å². The highest BCUT2D eigenvalue weighted by Crippen LogP contribution is 2.37. The van der Waals surface area contributed by atoms with Crippen LogP contribution in [0, 0.1) is 0 Å². The molecule has 1 N–H and O–H groups in total. The van der Waals surface area contributed by atoms with Crippen molar-refractivity contribution in [2.24, 2.45) is 0 Å². The molecule has 7 heteroatoms. The number of nitrogens with zero attached hydrogens (tertiary/aromatic N) is 1. The summed E-state index contributed by atoms with van der Waals surface area (Å²) in [5, 5.41) is 9.16. The molecule has 228 valence electrons. The lowest BCUT2D eigenvalue weighted by molar-refractivity contribution is -0.214. The van der Waals surface area contributed by atoms with Gasteiger partial charge in [-0.15, -0.1) is 0 Å². The Bertz CT molecular complexity index is 1210. The van der Waals surface area contributed by atoms with Crippen molar-refractivity contribution in [1.82, 2.24) is 4.98 Å². The number of unbranched alkanes of at least 4 members (excludes halogenated alkanes) is 5. The summed E-state index contributed by atoms with van der Waals surface area (Å²) >= 11 is 0. The Morgan fingerprint density at radius 2 is 1.62 bits per heavy atom. The Morgan fingerprint density at radius 3 is 2.29 bits per heavy atom. The first-order chi connectivity index (χ1) is 20.2. The van der Waals surface area contributed by atoms with E-state index in [4.69, 9.17) is 14.8 Å². The number of carbonyl (C=O) groups is 1. The van der Waals surface area contributed by atoms with E-state index < -0.39 is 18.2 Å².